The van der Waals surface area contributed by atoms with E-state index in [1.807, 2.05) is 55.5 Å². The molecule has 6 heteroatoms. The second-order valence-electron chi connectivity index (χ2n) is 8.96. The van der Waals surface area contributed by atoms with Gasteiger partial charge in [-0.3, -0.25) is 9.59 Å². The summed E-state index contributed by atoms with van der Waals surface area (Å²) in [5, 5.41) is 6.11. The SMILES string of the molecule is CCNC(=O)C(Cc1ccccc1)N(Cc1c(Cl)cccc1Cl)C(=O)CCc1cccc2ccccc12. The zero-order valence-corrected chi connectivity index (χ0v) is 22.3. The van der Waals surface area contributed by atoms with Gasteiger partial charge in [-0.15, -0.1) is 0 Å². The predicted molar refractivity (Wildman–Crippen MR) is 152 cm³/mol. The van der Waals surface area contributed by atoms with Crippen molar-refractivity contribution in [2.45, 2.75) is 38.8 Å². The molecule has 4 aromatic carbocycles. The largest absolute Gasteiger partial charge is 0.355 e. The number of nitrogens with zero attached hydrogens (tertiary/aromatic N) is 1. The summed E-state index contributed by atoms with van der Waals surface area (Å²) in [7, 11) is 0. The molecule has 0 radical (unpaired) electrons. The predicted octanol–water partition coefficient (Wildman–Crippen LogP) is 6.86. The maximum absolute atomic E-state index is 13.9. The van der Waals surface area contributed by atoms with Gasteiger partial charge in [0.05, 0.1) is 0 Å². The van der Waals surface area contributed by atoms with Crippen molar-refractivity contribution in [3.8, 4) is 0 Å². The summed E-state index contributed by atoms with van der Waals surface area (Å²) in [5.74, 6) is -0.329. The Kier molecular flexibility index (Phi) is 9.21. The number of halogens is 2. The van der Waals surface area contributed by atoms with Crippen LogP contribution in [-0.4, -0.2) is 29.3 Å². The number of carbonyl (C=O) groups is 2. The topological polar surface area (TPSA) is 49.4 Å². The van der Waals surface area contributed by atoms with Gasteiger partial charge >= 0.3 is 0 Å². The van der Waals surface area contributed by atoms with E-state index in [4.69, 9.17) is 23.2 Å². The fourth-order valence-corrected chi connectivity index (χ4v) is 5.11. The maximum atomic E-state index is 13.9. The van der Waals surface area contributed by atoms with Crippen LogP contribution in [0.3, 0.4) is 0 Å². The van der Waals surface area contributed by atoms with Crippen LogP contribution in [0, 0.1) is 0 Å². The molecule has 2 amide bonds. The van der Waals surface area contributed by atoms with E-state index >= 15 is 0 Å². The Labute approximate surface area is 228 Å². The summed E-state index contributed by atoms with van der Waals surface area (Å²) in [6, 6.07) is 28.6. The summed E-state index contributed by atoms with van der Waals surface area (Å²) in [6.07, 6.45) is 1.19. The molecule has 1 N–H and O–H groups in total. The molecule has 0 aliphatic rings. The fraction of sp³-hybridized carbons (Fsp3) is 0.226. The monoisotopic (exact) mass is 532 g/mol. The van der Waals surface area contributed by atoms with Crippen LogP contribution < -0.4 is 5.32 Å². The second-order valence-corrected chi connectivity index (χ2v) is 9.77. The summed E-state index contributed by atoms with van der Waals surface area (Å²) in [4.78, 5) is 28.8. The number of aryl methyl sites for hydroxylation is 1. The third-order valence-corrected chi connectivity index (χ3v) is 7.21. The lowest BCUT2D eigenvalue weighted by Crippen LogP contribution is -2.50. The van der Waals surface area contributed by atoms with Crippen molar-refractivity contribution < 1.29 is 9.59 Å². The molecule has 1 atom stereocenters. The molecule has 0 aliphatic heterocycles. The Morgan fingerprint density at radius 2 is 1.49 bits per heavy atom. The van der Waals surface area contributed by atoms with Gasteiger partial charge in [0.15, 0.2) is 0 Å². The molecule has 0 saturated carbocycles. The second kappa shape index (κ2) is 12.8. The summed E-state index contributed by atoms with van der Waals surface area (Å²) >= 11 is 13.0. The van der Waals surface area contributed by atoms with E-state index in [-0.39, 0.29) is 24.8 Å². The molecule has 0 bridgehead atoms. The standard InChI is InChI=1S/C31H30Cl2N2O2/c1-2-34-31(37)29(20-22-10-4-3-5-11-22)35(21-26-27(32)16-9-17-28(26)33)30(36)19-18-24-14-8-13-23-12-6-7-15-25(23)24/h3-17,29H,2,18-21H2,1H3,(H,34,37). The normalized spacial score (nSPS) is 11.8. The lowest BCUT2D eigenvalue weighted by molar-refractivity contribution is -0.141. The number of amides is 2. The van der Waals surface area contributed by atoms with Gasteiger partial charge in [-0.25, -0.2) is 0 Å². The van der Waals surface area contributed by atoms with Crippen LogP contribution in [0.15, 0.2) is 91.0 Å². The fourth-order valence-electron chi connectivity index (χ4n) is 4.60. The van der Waals surface area contributed by atoms with E-state index in [0.29, 0.717) is 35.0 Å². The summed E-state index contributed by atoms with van der Waals surface area (Å²) < 4.78 is 0. The van der Waals surface area contributed by atoms with Gasteiger partial charge < -0.3 is 10.2 Å². The van der Waals surface area contributed by atoms with E-state index in [1.165, 1.54) is 0 Å². The van der Waals surface area contributed by atoms with Crippen LogP contribution in [0.4, 0.5) is 0 Å². The van der Waals surface area contributed by atoms with Gasteiger partial charge in [0, 0.05) is 41.5 Å². The first-order valence-corrected chi connectivity index (χ1v) is 13.2. The minimum atomic E-state index is -0.713. The Morgan fingerprint density at radius 3 is 2.22 bits per heavy atom. The molecule has 0 fully saturated rings. The minimum absolute atomic E-state index is 0.129. The lowest BCUT2D eigenvalue weighted by atomic mass is 9.99. The van der Waals surface area contributed by atoms with Crippen molar-refractivity contribution in [1.82, 2.24) is 10.2 Å². The highest BCUT2D eigenvalue weighted by Gasteiger charge is 2.31. The Morgan fingerprint density at radius 1 is 0.838 bits per heavy atom. The quantitative estimate of drug-likeness (QED) is 0.242. The van der Waals surface area contributed by atoms with Gasteiger partial charge in [-0.2, -0.15) is 0 Å². The summed E-state index contributed by atoms with van der Waals surface area (Å²) in [5.41, 5.74) is 2.70. The van der Waals surface area contributed by atoms with Crippen molar-refractivity contribution >= 4 is 45.8 Å². The Balaban J connectivity index is 1.67. The van der Waals surface area contributed by atoms with Crippen molar-refractivity contribution in [3.05, 3.63) is 118 Å². The molecule has 37 heavy (non-hydrogen) atoms. The third kappa shape index (κ3) is 6.71. The molecule has 1 unspecified atom stereocenters. The number of nitrogens with one attached hydrogen (secondary N) is 1. The number of fused-ring (bicyclic) bond motifs is 1. The number of hydrogen-bond acceptors (Lipinski definition) is 2. The van der Waals surface area contributed by atoms with E-state index in [0.717, 1.165) is 21.9 Å². The Bertz CT molecular complexity index is 1350. The first-order chi connectivity index (χ1) is 18.0. The maximum Gasteiger partial charge on any atom is 0.243 e. The molecule has 0 spiro atoms. The molecule has 0 aliphatic carbocycles. The van der Waals surface area contributed by atoms with E-state index in [9.17, 15) is 9.59 Å². The van der Waals surface area contributed by atoms with Crippen LogP contribution in [0.1, 0.15) is 30.0 Å². The molecule has 0 aromatic heterocycles. The third-order valence-electron chi connectivity index (χ3n) is 6.50. The van der Waals surface area contributed by atoms with Crippen molar-refractivity contribution in [2.75, 3.05) is 6.54 Å². The number of hydrogen-bond donors (Lipinski definition) is 1. The van der Waals surface area contributed by atoms with Crippen LogP contribution in [0.25, 0.3) is 10.8 Å². The first-order valence-electron chi connectivity index (χ1n) is 12.5. The molecular weight excluding hydrogens is 503 g/mol. The number of benzene rings is 4. The molecule has 4 nitrogen and oxygen atoms in total. The minimum Gasteiger partial charge on any atom is -0.355 e. The van der Waals surface area contributed by atoms with E-state index in [1.54, 1.807) is 23.1 Å². The average Bonchev–Trinajstić information content (AvgIpc) is 2.91. The molecule has 0 heterocycles. The Hall–Kier alpha value is -3.34. The van der Waals surface area contributed by atoms with Gasteiger partial charge in [0.1, 0.15) is 6.04 Å². The van der Waals surface area contributed by atoms with Crippen molar-refractivity contribution in [3.63, 3.8) is 0 Å². The number of carbonyl (C=O) groups excluding carboxylic acids is 2. The van der Waals surface area contributed by atoms with Crippen LogP contribution in [-0.2, 0) is 29.0 Å². The van der Waals surface area contributed by atoms with Crippen molar-refractivity contribution in [1.29, 1.82) is 0 Å². The lowest BCUT2D eigenvalue weighted by Gasteiger charge is -2.32. The van der Waals surface area contributed by atoms with Crippen LogP contribution >= 0.6 is 23.2 Å². The first kappa shape index (κ1) is 26.7. The van der Waals surface area contributed by atoms with E-state index in [2.05, 4.69) is 29.6 Å². The smallest absolute Gasteiger partial charge is 0.243 e. The van der Waals surface area contributed by atoms with Gasteiger partial charge in [-0.05, 0) is 47.4 Å². The number of likely N-dealkylation sites (N-methyl/N-ethyl adjacent to an activating group) is 1. The van der Waals surface area contributed by atoms with Crippen LogP contribution in [0.5, 0.6) is 0 Å². The van der Waals surface area contributed by atoms with Gasteiger partial charge in [0.25, 0.3) is 0 Å². The molecular formula is C31H30Cl2N2O2. The zero-order valence-electron chi connectivity index (χ0n) is 20.8. The average molecular weight is 533 g/mol. The van der Waals surface area contributed by atoms with Crippen LogP contribution in [0.2, 0.25) is 10.0 Å². The number of rotatable bonds is 10. The van der Waals surface area contributed by atoms with Crippen molar-refractivity contribution in [2.24, 2.45) is 0 Å². The van der Waals surface area contributed by atoms with E-state index < -0.39 is 6.04 Å². The molecule has 4 rings (SSSR count). The molecule has 190 valence electrons. The highest BCUT2D eigenvalue weighted by molar-refractivity contribution is 6.36. The highest BCUT2D eigenvalue weighted by Crippen LogP contribution is 2.28. The highest BCUT2D eigenvalue weighted by atomic mass is 35.5. The van der Waals surface area contributed by atoms with Gasteiger partial charge in [0.2, 0.25) is 11.8 Å². The van der Waals surface area contributed by atoms with Gasteiger partial charge in [-0.1, -0.05) is 102 Å². The summed E-state index contributed by atoms with van der Waals surface area (Å²) in [6.45, 7) is 2.48. The molecule has 4 aromatic rings. The molecule has 0 saturated heterocycles. The zero-order chi connectivity index (χ0) is 26.2.